The van der Waals surface area contributed by atoms with Crippen molar-refractivity contribution in [2.75, 3.05) is 7.11 Å². The van der Waals surface area contributed by atoms with Crippen molar-refractivity contribution in [1.82, 2.24) is 0 Å². The zero-order chi connectivity index (χ0) is 8.85. The Hall–Kier alpha value is -0.220. The summed E-state index contributed by atoms with van der Waals surface area (Å²) >= 11 is 4.01. The maximum Gasteiger partial charge on any atom is 0.321 e. The Labute approximate surface area is 72.5 Å². The number of carbonyl (C=O) groups is 1. The van der Waals surface area contributed by atoms with E-state index >= 15 is 0 Å². The van der Waals surface area contributed by atoms with Gasteiger partial charge in [-0.05, 0) is 13.3 Å². The molecule has 0 radical (unpaired) electrons. The van der Waals surface area contributed by atoms with Crippen molar-refractivity contribution in [2.24, 2.45) is 0 Å². The summed E-state index contributed by atoms with van der Waals surface area (Å²) in [4.78, 5) is 11.0. The van der Waals surface area contributed by atoms with Crippen LogP contribution in [0.3, 0.4) is 0 Å². The van der Waals surface area contributed by atoms with E-state index in [4.69, 9.17) is 9.47 Å². The third-order valence-corrected chi connectivity index (χ3v) is 1.85. The van der Waals surface area contributed by atoms with Gasteiger partial charge >= 0.3 is 5.97 Å². The van der Waals surface area contributed by atoms with Gasteiger partial charge in [0.15, 0.2) is 6.29 Å². The first kappa shape index (κ1) is 10.8. The largest absolute Gasteiger partial charge is 0.435 e. The predicted octanol–water partition coefficient (Wildman–Crippen LogP) is 1.23. The molecule has 0 spiro atoms. The van der Waals surface area contributed by atoms with Gasteiger partial charge in [-0.3, -0.25) is 4.79 Å². The van der Waals surface area contributed by atoms with Crippen molar-refractivity contribution >= 4 is 18.6 Å². The highest BCUT2D eigenvalue weighted by Crippen LogP contribution is 2.04. The number of methoxy groups -OCH3 is 1. The number of hydrogen-bond donors (Lipinski definition) is 1. The average molecular weight is 178 g/mol. The number of thiol groups is 1. The molecule has 4 heteroatoms. The first-order valence-corrected chi connectivity index (χ1v) is 4.04. The van der Waals surface area contributed by atoms with Crippen molar-refractivity contribution in [2.45, 2.75) is 31.8 Å². The monoisotopic (exact) mass is 178 g/mol. The summed E-state index contributed by atoms with van der Waals surface area (Å²) in [5.74, 6) is -0.329. The van der Waals surface area contributed by atoms with Crippen LogP contribution in [0, 0.1) is 0 Å². The van der Waals surface area contributed by atoms with Gasteiger partial charge in [0.2, 0.25) is 0 Å². The Morgan fingerprint density at radius 2 is 2.18 bits per heavy atom. The van der Waals surface area contributed by atoms with E-state index in [1.807, 2.05) is 6.92 Å². The SMILES string of the molecule is CCC(S)C(=O)OC(C)OC. The van der Waals surface area contributed by atoms with E-state index in [2.05, 4.69) is 12.6 Å². The van der Waals surface area contributed by atoms with Gasteiger partial charge in [0, 0.05) is 7.11 Å². The zero-order valence-corrected chi connectivity index (χ0v) is 7.93. The summed E-state index contributed by atoms with van der Waals surface area (Å²) in [5, 5.41) is -0.340. The molecule has 0 fully saturated rings. The van der Waals surface area contributed by atoms with Crippen LogP contribution in [0.5, 0.6) is 0 Å². The molecule has 0 saturated heterocycles. The van der Waals surface area contributed by atoms with Crippen molar-refractivity contribution < 1.29 is 14.3 Å². The molecule has 66 valence electrons. The van der Waals surface area contributed by atoms with Gasteiger partial charge in [0.05, 0.1) is 5.25 Å². The number of hydrogen-bond acceptors (Lipinski definition) is 4. The van der Waals surface area contributed by atoms with Gasteiger partial charge in [-0.15, -0.1) is 0 Å². The molecule has 0 aromatic rings. The molecule has 0 rings (SSSR count). The average Bonchev–Trinajstić information content (AvgIpc) is 2.02. The van der Waals surface area contributed by atoms with E-state index in [-0.39, 0.29) is 11.2 Å². The highest BCUT2D eigenvalue weighted by molar-refractivity contribution is 7.81. The van der Waals surface area contributed by atoms with Crippen LogP contribution in [0.15, 0.2) is 0 Å². The van der Waals surface area contributed by atoms with E-state index in [1.165, 1.54) is 7.11 Å². The summed E-state index contributed by atoms with van der Waals surface area (Å²) in [6.45, 7) is 3.53. The summed E-state index contributed by atoms with van der Waals surface area (Å²) < 4.78 is 9.55. The van der Waals surface area contributed by atoms with Crippen molar-refractivity contribution in [3.05, 3.63) is 0 Å². The van der Waals surface area contributed by atoms with Gasteiger partial charge < -0.3 is 9.47 Å². The molecule has 0 N–H and O–H groups in total. The molecular formula is C7H14O3S. The maximum atomic E-state index is 11.0. The predicted molar refractivity (Wildman–Crippen MR) is 45.6 cm³/mol. The van der Waals surface area contributed by atoms with Crippen LogP contribution in [0.25, 0.3) is 0 Å². The quantitative estimate of drug-likeness (QED) is 0.399. The van der Waals surface area contributed by atoms with Crippen molar-refractivity contribution in [3.63, 3.8) is 0 Å². The van der Waals surface area contributed by atoms with E-state index < -0.39 is 6.29 Å². The van der Waals surface area contributed by atoms with Crippen molar-refractivity contribution in [1.29, 1.82) is 0 Å². The minimum atomic E-state index is -0.483. The molecule has 0 aliphatic carbocycles. The molecular weight excluding hydrogens is 164 g/mol. The third kappa shape index (κ3) is 4.27. The highest BCUT2D eigenvalue weighted by Gasteiger charge is 2.15. The Morgan fingerprint density at radius 3 is 2.55 bits per heavy atom. The topological polar surface area (TPSA) is 35.5 Å². The van der Waals surface area contributed by atoms with Gasteiger partial charge in [-0.25, -0.2) is 0 Å². The summed E-state index contributed by atoms with van der Waals surface area (Å²) in [5.41, 5.74) is 0. The smallest absolute Gasteiger partial charge is 0.321 e. The molecule has 2 unspecified atom stereocenters. The lowest BCUT2D eigenvalue weighted by Crippen LogP contribution is -2.23. The number of esters is 1. The molecule has 0 heterocycles. The van der Waals surface area contributed by atoms with Crippen LogP contribution in [-0.2, 0) is 14.3 Å². The molecule has 3 nitrogen and oxygen atoms in total. The maximum absolute atomic E-state index is 11.0. The normalized spacial score (nSPS) is 15.6. The second-order valence-corrected chi connectivity index (χ2v) is 2.79. The van der Waals surface area contributed by atoms with Gasteiger partial charge in [-0.2, -0.15) is 12.6 Å². The van der Waals surface area contributed by atoms with E-state index in [0.717, 1.165) is 0 Å². The molecule has 2 atom stereocenters. The van der Waals surface area contributed by atoms with Crippen LogP contribution in [0.1, 0.15) is 20.3 Å². The molecule has 0 bridgehead atoms. The van der Waals surface area contributed by atoms with Crippen LogP contribution < -0.4 is 0 Å². The second kappa shape index (κ2) is 5.43. The molecule has 0 aromatic heterocycles. The summed E-state index contributed by atoms with van der Waals surface area (Å²) in [6, 6.07) is 0. The lowest BCUT2D eigenvalue weighted by molar-refractivity contribution is -0.169. The Kier molecular flexibility index (Phi) is 5.32. The van der Waals surface area contributed by atoms with E-state index in [0.29, 0.717) is 6.42 Å². The fraction of sp³-hybridized carbons (Fsp3) is 0.857. The Morgan fingerprint density at radius 1 is 1.64 bits per heavy atom. The fourth-order valence-electron chi connectivity index (χ4n) is 0.457. The second-order valence-electron chi connectivity index (χ2n) is 2.16. The Bertz CT molecular complexity index is 127. The number of carbonyl (C=O) groups excluding carboxylic acids is 1. The fourth-order valence-corrected chi connectivity index (χ4v) is 0.518. The standard InChI is InChI=1S/C7H14O3S/c1-4-6(11)7(8)10-5(2)9-3/h5-6,11H,4H2,1-3H3. The highest BCUT2D eigenvalue weighted by atomic mass is 32.1. The first-order chi connectivity index (χ1) is 5.11. The van der Waals surface area contributed by atoms with Crippen LogP contribution in [0.4, 0.5) is 0 Å². The van der Waals surface area contributed by atoms with E-state index in [9.17, 15) is 4.79 Å². The molecule has 0 saturated carbocycles. The lowest BCUT2D eigenvalue weighted by Gasteiger charge is -2.13. The van der Waals surface area contributed by atoms with Crippen molar-refractivity contribution in [3.8, 4) is 0 Å². The summed E-state index contributed by atoms with van der Waals surface area (Å²) in [6.07, 6.45) is 0.182. The lowest BCUT2D eigenvalue weighted by atomic mass is 10.3. The first-order valence-electron chi connectivity index (χ1n) is 3.53. The van der Waals surface area contributed by atoms with Gasteiger partial charge in [0.25, 0.3) is 0 Å². The van der Waals surface area contributed by atoms with Crippen LogP contribution >= 0.6 is 12.6 Å². The molecule has 0 aliphatic rings. The minimum absolute atomic E-state index is 0.329. The Balaban J connectivity index is 3.68. The molecule has 0 amide bonds. The van der Waals surface area contributed by atoms with Gasteiger partial charge in [0.1, 0.15) is 0 Å². The van der Waals surface area contributed by atoms with Crippen LogP contribution in [-0.4, -0.2) is 24.6 Å². The van der Waals surface area contributed by atoms with Crippen LogP contribution in [0.2, 0.25) is 0 Å². The molecule has 0 aliphatic heterocycles. The van der Waals surface area contributed by atoms with E-state index in [1.54, 1.807) is 6.92 Å². The summed E-state index contributed by atoms with van der Waals surface area (Å²) in [7, 11) is 1.48. The minimum Gasteiger partial charge on any atom is -0.435 e. The molecule has 0 aromatic carbocycles. The third-order valence-electron chi connectivity index (χ3n) is 1.27. The molecule has 11 heavy (non-hydrogen) atoms. The number of ether oxygens (including phenoxy) is 2. The van der Waals surface area contributed by atoms with Gasteiger partial charge in [-0.1, -0.05) is 6.92 Å². The number of rotatable bonds is 4. The zero-order valence-electron chi connectivity index (χ0n) is 7.03.